The van der Waals surface area contributed by atoms with Crippen molar-refractivity contribution in [2.75, 3.05) is 16.3 Å². The first-order chi connectivity index (χ1) is 15.5. The molecule has 33 heavy (non-hydrogen) atoms. The van der Waals surface area contributed by atoms with Crippen LogP contribution in [0.25, 0.3) is 10.2 Å². The Bertz CT molecular complexity index is 1580. The van der Waals surface area contributed by atoms with E-state index in [2.05, 4.69) is 31.0 Å². The van der Waals surface area contributed by atoms with Crippen LogP contribution in [-0.2, 0) is 19.9 Å². The van der Waals surface area contributed by atoms with Crippen molar-refractivity contribution >= 4 is 74.1 Å². The molecular formula is C21H16BrN3O5S3. The largest absolute Gasteiger partial charge is 0.298 e. The third kappa shape index (κ3) is 5.24. The number of hydrogen-bond acceptors (Lipinski definition) is 7. The molecule has 0 saturated carbocycles. The first kappa shape index (κ1) is 23.4. The maximum absolute atomic E-state index is 12.9. The number of amides is 1. The van der Waals surface area contributed by atoms with Crippen molar-refractivity contribution in [3.05, 3.63) is 76.8 Å². The van der Waals surface area contributed by atoms with Gasteiger partial charge in [0.2, 0.25) is 0 Å². The predicted octanol–water partition coefficient (Wildman–Crippen LogP) is 4.52. The molecule has 4 aromatic rings. The van der Waals surface area contributed by atoms with Crippen LogP contribution in [-0.4, -0.2) is 34.0 Å². The highest BCUT2D eigenvalue weighted by atomic mass is 79.9. The number of sulfone groups is 1. The summed E-state index contributed by atoms with van der Waals surface area (Å²) in [7, 11) is -7.29. The highest BCUT2D eigenvalue weighted by Gasteiger charge is 2.20. The molecule has 3 aromatic carbocycles. The maximum Gasteiger partial charge on any atom is 0.261 e. The lowest BCUT2D eigenvalue weighted by Crippen LogP contribution is -2.18. The monoisotopic (exact) mass is 565 g/mol. The number of halogens is 1. The molecular weight excluding hydrogens is 550 g/mol. The molecule has 8 nitrogen and oxygen atoms in total. The highest BCUT2D eigenvalue weighted by Crippen LogP contribution is 2.29. The maximum atomic E-state index is 12.9. The topological polar surface area (TPSA) is 122 Å². The average Bonchev–Trinajstić information content (AvgIpc) is 3.15. The third-order valence-corrected chi connectivity index (χ3v) is 8.50. The number of sulfonamides is 1. The van der Waals surface area contributed by atoms with Gasteiger partial charge >= 0.3 is 0 Å². The molecule has 12 heteroatoms. The Hall–Kier alpha value is -2.80. The van der Waals surface area contributed by atoms with E-state index in [0.717, 1.165) is 22.1 Å². The van der Waals surface area contributed by atoms with Gasteiger partial charge in [-0.15, -0.1) is 0 Å². The number of nitrogens with zero attached hydrogens (tertiary/aromatic N) is 1. The number of para-hydroxylation sites is 1. The Kier molecular flexibility index (Phi) is 6.27. The Morgan fingerprint density at radius 2 is 1.61 bits per heavy atom. The van der Waals surface area contributed by atoms with Gasteiger partial charge in [-0.05, 0) is 54.6 Å². The van der Waals surface area contributed by atoms with Gasteiger partial charge in [-0.25, -0.2) is 21.8 Å². The van der Waals surface area contributed by atoms with Crippen LogP contribution in [0.1, 0.15) is 10.4 Å². The van der Waals surface area contributed by atoms with Crippen LogP contribution in [0.3, 0.4) is 0 Å². The molecule has 0 saturated heterocycles. The van der Waals surface area contributed by atoms with Crippen molar-refractivity contribution in [1.82, 2.24) is 4.98 Å². The summed E-state index contributed by atoms with van der Waals surface area (Å²) in [5.41, 5.74) is 0.750. The number of fused-ring (bicyclic) bond motifs is 1. The van der Waals surface area contributed by atoms with Gasteiger partial charge in [-0.1, -0.05) is 39.4 Å². The van der Waals surface area contributed by atoms with Gasteiger partial charge in [-0.3, -0.25) is 14.8 Å². The Morgan fingerprint density at radius 3 is 2.30 bits per heavy atom. The number of rotatable bonds is 6. The molecule has 4 rings (SSSR count). The number of carbonyl (C=O) groups is 1. The zero-order chi connectivity index (χ0) is 23.8. The van der Waals surface area contributed by atoms with Crippen molar-refractivity contribution in [1.29, 1.82) is 0 Å². The third-order valence-electron chi connectivity index (χ3n) is 4.55. The summed E-state index contributed by atoms with van der Waals surface area (Å²) in [5.74, 6) is -0.563. The fraction of sp³-hybridized carbons (Fsp3) is 0.0476. The summed E-state index contributed by atoms with van der Waals surface area (Å²) in [4.78, 5) is 17.4. The molecule has 1 heterocycles. The molecule has 0 aliphatic rings. The number of hydrogen-bond donors (Lipinski definition) is 2. The number of thiazole rings is 1. The zero-order valence-corrected chi connectivity index (χ0v) is 21.0. The van der Waals surface area contributed by atoms with Crippen LogP contribution in [0.5, 0.6) is 0 Å². The minimum absolute atomic E-state index is 0.0498. The Morgan fingerprint density at radius 1 is 0.939 bits per heavy atom. The first-order valence-electron chi connectivity index (χ1n) is 9.32. The van der Waals surface area contributed by atoms with E-state index in [-0.39, 0.29) is 26.2 Å². The number of anilines is 2. The second-order valence-electron chi connectivity index (χ2n) is 6.98. The predicted molar refractivity (Wildman–Crippen MR) is 132 cm³/mol. The fourth-order valence-electron chi connectivity index (χ4n) is 2.94. The van der Waals surface area contributed by atoms with Crippen LogP contribution in [0.15, 0.2) is 81.0 Å². The van der Waals surface area contributed by atoms with Gasteiger partial charge in [0.1, 0.15) is 0 Å². The van der Waals surface area contributed by atoms with Crippen molar-refractivity contribution in [2.45, 2.75) is 9.79 Å². The summed E-state index contributed by atoms with van der Waals surface area (Å²) in [6.07, 6.45) is 1.12. The Labute approximate surface area is 202 Å². The molecule has 0 unspecified atom stereocenters. The standard InChI is InChI=1S/C21H16BrN3O5S3/c1-32(27,28)15-10-11-18-19(12-15)31-21(23-18)24-20(26)16-4-2-3-5-17(16)25-33(29,30)14-8-6-13(22)7-9-14/h2-12,25H,1H3,(H,23,24,26). The van der Waals surface area contributed by atoms with E-state index in [4.69, 9.17) is 0 Å². The van der Waals surface area contributed by atoms with Gasteiger partial charge in [0.25, 0.3) is 15.9 Å². The van der Waals surface area contributed by atoms with Crippen molar-refractivity contribution in [3.8, 4) is 0 Å². The molecule has 0 fully saturated rings. The lowest BCUT2D eigenvalue weighted by Gasteiger charge is -2.12. The van der Waals surface area contributed by atoms with Crippen LogP contribution in [0.4, 0.5) is 10.8 Å². The molecule has 0 bridgehead atoms. The van der Waals surface area contributed by atoms with Crippen LogP contribution in [0, 0.1) is 0 Å². The quantitative estimate of drug-likeness (QED) is 0.354. The van der Waals surface area contributed by atoms with E-state index in [1.165, 1.54) is 36.4 Å². The lowest BCUT2D eigenvalue weighted by atomic mass is 10.2. The molecule has 0 aliphatic heterocycles. The molecule has 0 spiro atoms. The highest BCUT2D eigenvalue weighted by molar-refractivity contribution is 9.10. The number of carbonyl (C=O) groups excluding carboxylic acids is 1. The van der Waals surface area contributed by atoms with Gasteiger partial charge < -0.3 is 0 Å². The summed E-state index contributed by atoms with van der Waals surface area (Å²) in [6.45, 7) is 0. The van der Waals surface area contributed by atoms with Gasteiger partial charge in [-0.2, -0.15) is 0 Å². The van der Waals surface area contributed by atoms with Gasteiger partial charge in [0.15, 0.2) is 15.0 Å². The molecule has 2 N–H and O–H groups in total. The summed E-state index contributed by atoms with van der Waals surface area (Å²) in [6, 6.07) is 16.8. The SMILES string of the molecule is CS(=O)(=O)c1ccc2nc(NC(=O)c3ccccc3NS(=O)(=O)c3ccc(Br)cc3)sc2c1. The van der Waals surface area contributed by atoms with Crippen LogP contribution >= 0.6 is 27.3 Å². The zero-order valence-electron chi connectivity index (χ0n) is 16.9. The molecule has 1 aromatic heterocycles. The summed E-state index contributed by atoms with van der Waals surface area (Å²) < 4.78 is 52.8. The second kappa shape index (κ2) is 8.86. The van der Waals surface area contributed by atoms with E-state index in [1.807, 2.05) is 0 Å². The minimum Gasteiger partial charge on any atom is -0.298 e. The van der Waals surface area contributed by atoms with E-state index in [1.54, 1.807) is 30.3 Å². The van der Waals surface area contributed by atoms with E-state index >= 15 is 0 Å². The molecule has 1 amide bonds. The molecule has 170 valence electrons. The fourth-order valence-corrected chi connectivity index (χ4v) is 5.91. The first-order valence-corrected chi connectivity index (χ1v) is 14.3. The molecule has 0 radical (unpaired) electrons. The number of aromatic nitrogens is 1. The van der Waals surface area contributed by atoms with Crippen LogP contribution in [0.2, 0.25) is 0 Å². The summed E-state index contributed by atoms with van der Waals surface area (Å²) >= 11 is 4.38. The lowest BCUT2D eigenvalue weighted by molar-refractivity contribution is 0.102. The van der Waals surface area contributed by atoms with Crippen molar-refractivity contribution in [2.24, 2.45) is 0 Å². The van der Waals surface area contributed by atoms with E-state index in [0.29, 0.717) is 10.2 Å². The average molecular weight is 566 g/mol. The molecule has 0 atom stereocenters. The van der Waals surface area contributed by atoms with Crippen LogP contribution < -0.4 is 10.0 Å². The number of benzene rings is 3. The second-order valence-corrected chi connectivity index (χ2v) is 12.6. The van der Waals surface area contributed by atoms with Crippen molar-refractivity contribution in [3.63, 3.8) is 0 Å². The number of nitrogens with one attached hydrogen (secondary N) is 2. The van der Waals surface area contributed by atoms with Gasteiger partial charge in [0.05, 0.1) is 31.3 Å². The Balaban J connectivity index is 1.60. The minimum atomic E-state index is -3.92. The smallest absolute Gasteiger partial charge is 0.261 e. The normalized spacial score (nSPS) is 11.9. The van der Waals surface area contributed by atoms with Gasteiger partial charge in [0, 0.05) is 10.7 Å². The van der Waals surface area contributed by atoms with E-state index in [9.17, 15) is 21.6 Å². The van der Waals surface area contributed by atoms with Crippen molar-refractivity contribution < 1.29 is 21.6 Å². The van der Waals surface area contributed by atoms with E-state index < -0.39 is 25.8 Å². The summed E-state index contributed by atoms with van der Waals surface area (Å²) in [5, 5.41) is 2.91. The molecule has 0 aliphatic carbocycles.